The number of imidazole rings is 1. The Morgan fingerprint density at radius 2 is 1.94 bits per heavy atom. The molecule has 0 radical (unpaired) electrons. The van der Waals surface area contributed by atoms with Crippen LogP contribution in [0.3, 0.4) is 0 Å². The lowest BCUT2D eigenvalue weighted by Gasteiger charge is -2.18. The smallest absolute Gasteiger partial charge is 0.252 e. The average Bonchev–Trinajstić information content (AvgIpc) is 2.68. The topological polar surface area (TPSA) is 38.1 Å². The van der Waals surface area contributed by atoms with Crippen LogP contribution in [0.25, 0.3) is 0 Å². The zero-order chi connectivity index (χ0) is 12.0. The van der Waals surface area contributed by atoms with Gasteiger partial charge in [-0.05, 0) is 26.7 Å². The van der Waals surface area contributed by atoms with E-state index in [0.29, 0.717) is 5.92 Å². The van der Waals surface area contributed by atoms with Gasteiger partial charge >= 0.3 is 0 Å². The van der Waals surface area contributed by atoms with E-state index in [1.165, 1.54) is 0 Å². The largest absolute Gasteiger partial charge is 0.302 e. The highest BCUT2D eigenvalue weighted by molar-refractivity contribution is 5.98. The van der Waals surface area contributed by atoms with E-state index in [0.717, 1.165) is 11.6 Å². The molecule has 4 nitrogen and oxygen atoms in total. The van der Waals surface area contributed by atoms with Crippen LogP contribution in [-0.2, 0) is 4.79 Å². The van der Waals surface area contributed by atoms with Gasteiger partial charge in [0, 0.05) is 11.7 Å². The Bertz CT molecular complexity index is 420. The summed E-state index contributed by atoms with van der Waals surface area (Å²) in [7, 11) is 0. The van der Waals surface area contributed by atoms with Crippen LogP contribution in [0.2, 0.25) is 0 Å². The Hall–Kier alpha value is -1.32. The maximum atomic E-state index is 12.1. The van der Waals surface area contributed by atoms with Gasteiger partial charge in [0.2, 0.25) is 5.95 Å². The molecule has 16 heavy (non-hydrogen) atoms. The number of anilines is 1. The first kappa shape index (κ1) is 11.2. The quantitative estimate of drug-likeness (QED) is 0.768. The monoisotopic (exact) mass is 221 g/mol. The van der Waals surface area contributed by atoms with Gasteiger partial charge < -0.3 is 4.57 Å². The molecule has 0 spiro atoms. The maximum Gasteiger partial charge on any atom is 0.252 e. The molecule has 1 unspecified atom stereocenters. The molecule has 2 heterocycles. The van der Waals surface area contributed by atoms with Crippen LogP contribution in [0, 0.1) is 0 Å². The molecule has 4 heteroatoms. The Morgan fingerprint density at radius 1 is 1.31 bits per heavy atom. The van der Waals surface area contributed by atoms with Gasteiger partial charge in [-0.2, -0.15) is 0 Å². The minimum atomic E-state index is -0.114. The maximum absolute atomic E-state index is 12.1. The molecule has 88 valence electrons. The Labute approximate surface area is 96.3 Å². The zero-order valence-electron chi connectivity index (χ0n) is 10.6. The van der Waals surface area contributed by atoms with Gasteiger partial charge in [-0.3, -0.25) is 9.69 Å². The summed E-state index contributed by atoms with van der Waals surface area (Å²) < 4.78 is 2.06. The zero-order valence-corrected chi connectivity index (χ0v) is 10.6. The third-order valence-electron chi connectivity index (χ3n) is 3.11. The third-order valence-corrected chi connectivity index (χ3v) is 3.11. The van der Waals surface area contributed by atoms with Crippen molar-refractivity contribution in [2.24, 2.45) is 0 Å². The summed E-state index contributed by atoms with van der Waals surface area (Å²) in [6.07, 6.45) is 1.89. The van der Waals surface area contributed by atoms with Gasteiger partial charge in [-0.15, -0.1) is 0 Å². The highest BCUT2D eigenvalue weighted by atomic mass is 16.2. The van der Waals surface area contributed by atoms with Crippen LogP contribution in [0.5, 0.6) is 0 Å². The van der Waals surface area contributed by atoms with E-state index < -0.39 is 0 Å². The number of rotatable bonds is 2. The summed E-state index contributed by atoms with van der Waals surface area (Å²) in [5, 5.41) is 0. The highest BCUT2D eigenvalue weighted by Gasteiger charge is 2.38. The van der Waals surface area contributed by atoms with Crippen molar-refractivity contribution in [1.82, 2.24) is 9.55 Å². The number of hydrogen-bond donors (Lipinski definition) is 0. The van der Waals surface area contributed by atoms with Crippen molar-refractivity contribution in [3.05, 3.63) is 11.9 Å². The normalized spacial score (nSPS) is 20.1. The summed E-state index contributed by atoms with van der Waals surface area (Å²) in [6, 6.07) is 0.0518. The predicted octanol–water partition coefficient (Wildman–Crippen LogP) is 2.32. The molecular formula is C12H19N3O. The lowest BCUT2D eigenvalue weighted by atomic mass is 10.1. The second kappa shape index (κ2) is 3.61. The van der Waals surface area contributed by atoms with Crippen molar-refractivity contribution >= 4 is 11.9 Å². The first-order chi connectivity index (χ1) is 7.45. The molecule has 0 saturated carbocycles. The van der Waals surface area contributed by atoms with E-state index >= 15 is 0 Å². The average molecular weight is 221 g/mol. The fourth-order valence-electron chi connectivity index (χ4n) is 2.26. The van der Waals surface area contributed by atoms with E-state index in [4.69, 9.17) is 0 Å². The Morgan fingerprint density at radius 3 is 2.44 bits per heavy atom. The summed E-state index contributed by atoms with van der Waals surface area (Å²) >= 11 is 0. The van der Waals surface area contributed by atoms with Crippen molar-refractivity contribution in [3.8, 4) is 0 Å². The first-order valence-electron chi connectivity index (χ1n) is 5.85. The molecule has 0 aliphatic carbocycles. The van der Waals surface area contributed by atoms with E-state index in [9.17, 15) is 4.79 Å². The minimum absolute atomic E-state index is 0.114. The molecule has 1 aromatic rings. The van der Waals surface area contributed by atoms with Crippen LogP contribution >= 0.6 is 0 Å². The summed E-state index contributed by atoms with van der Waals surface area (Å²) in [6.45, 7) is 10.2. The first-order valence-corrected chi connectivity index (χ1v) is 5.85. The molecule has 1 aromatic heterocycles. The molecule has 1 amide bonds. The van der Waals surface area contributed by atoms with Crippen LogP contribution < -0.4 is 4.90 Å². The van der Waals surface area contributed by atoms with Crippen LogP contribution in [0.15, 0.2) is 6.20 Å². The lowest BCUT2D eigenvalue weighted by Crippen LogP contribution is -2.35. The van der Waals surface area contributed by atoms with Crippen molar-refractivity contribution in [3.63, 3.8) is 0 Å². The molecule has 2 rings (SSSR count). The van der Waals surface area contributed by atoms with Crippen LogP contribution in [0.1, 0.15) is 52.3 Å². The number of aromatic nitrogens is 2. The standard InChI is InChI=1S/C12H19N3O/c1-7(2)10-6-13-12-14(8(3)4)11(16)9(5)15(10)12/h6-9H,1-5H3. The predicted molar refractivity (Wildman–Crippen MR) is 63.6 cm³/mol. The van der Waals surface area contributed by atoms with Crippen molar-refractivity contribution in [1.29, 1.82) is 0 Å². The Kier molecular flexibility index (Phi) is 2.52. The van der Waals surface area contributed by atoms with Crippen molar-refractivity contribution < 1.29 is 4.79 Å². The number of carbonyl (C=O) groups is 1. The van der Waals surface area contributed by atoms with Gasteiger partial charge in [0.25, 0.3) is 5.91 Å². The fraction of sp³-hybridized carbons (Fsp3) is 0.667. The van der Waals surface area contributed by atoms with Gasteiger partial charge in [-0.25, -0.2) is 4.98 Å². The minimum Gasteiger partial charge on any atom is -0.302 e. The van der Waals surface area contributed by atoms with E-state index in [1.807, 2.05) is 27.0 Å². The molecule has 1 aliphatic rings. The number of hydrogen-bond acceptors (Lipinski definition) is 2. The van der Waals surface area contributed by atoms with E-state index in [2.05, 4.69) is 23.4 Å². The summed E-state index contributed by atoms with van der Waals surface area (Å²) in [5.41, 5.74) is 1.14. The summed E-state index contributed by atoms with van der Waals surface area (Å²) in [4.78, 5) is 18.3. The van der Waals surface area contributed by atoms with Crippen molar-refractivity contribution in [2.45, 2.75) is 52.6 Å². The van der Waals surface area contributed by atoms with Crippen molar-refractivity contribution in [2.75, 3.05) is 4.90 Å². The molecule has 1 aliphatic heterocycles. The number of amides is 1. The lowest BCUT2D eigenvalue weighted by molar-refractivity contribution is -0.120. The van der Waals surface area contributed by atoms with Crippen LogP contribution in [0.4, 0.5) is 5.95 Å². The molecule has 0 fully saturated rings. The summed E-state index contributed by atoms with van der Waals surface area (Å²) in [5.74, 6) is 1.35. The highest BCUT2D eigenvalue weighted by Crippen LogP contribution is 2.34. The van der Waals surface area contributed by atoms with Gasteiger partial charge in [0.15, 0.2) is 0 Å². The van der Waals surface area contributed by atoms with Gasteiger partial charge in [-0.1, -0.05) is 13.8 Å². The number of fused-ring (bicyclic) bond motifs is 1. The Balaban J connectivity index is 2.53. The molecular weight excluding hydrogens is 202 g/mol. The van der Waals surface area contributed by atoms with E-state index in [-0.39, 0.29) is 18.0 Å². The number of carbonyl (C=O) groups excluding carboxylic acids is 1. The van der Waals surface area contributed by atoms with Gasteiger partial charge in [0.05, 0.1) is 6.20 Å². The van der Waals surface area contributed by atoms with Crippen LogP contribution in [-0.4, -0.2) is 21.5 Å². The fourth-order valence-corrected chi connectivity index (χ4v) is 2.26. The molecule has 0 saturated heterocycles. The molecule has 1 atom stereocenters. The van der Waals surface area contributed by atoms with E-state index in [1.54, 1.807) is 4.90 Å². The molecule has 0 aromatic carbocycles. The molecule has 0 bridgehead atoms. The van der Waals surface area contributed by atoms with Gasteiger partial charge in [0.1, 0.15) is 6.04 Å². The number of nitrogens with zero attached hydrogens (tertiary/aromatic N) is 3. The second-order valence-corrected chi connectivity index (χ2v) is 4.99. The SMILES string of the molecule is CC(C)c1cnc2n1C(C)C(=O)N2C(C)C. The molecule has 0 N–H and O–H groups in total. The second-order valence-electron chi connectivity index (χ2n) is 4.99. The third kappa shape index (κ3) is 1.36.